The van der Waals surface area contributed by atoms with Gasteiger partial charge >= 0.3 is 6.18 Å². The number of nitrogens with zero attached hydrogens (tertiary/aromatic N) is 2. The first-order valence-electron chi connectivity index (χ1n) is 5.02. The number of halogens is 3. The Balaban J connectivity index is 2.89. The molecule has 1 rings (SSSR count). The number of alkyl halides is 3. The van der Waals surface area contributed by atoms with E-state index in [4.69, 9.17) is 10.8 Å². The van der Waals surface area contributed by atoms with E-state index in [9.17, 15) is 18.0 Å². The van der Waals surface area contributed by atoms with E-state index in [1.807, 2.05) is 0 Å². The Morgan fingerprint density at radius 1 is 1.50 bits per heavy atom. The van der Waals surface area contributed by atoms with E-state index >= 15 is 0 Å². The smallest absolute Gasteiger partial charge is 0.399 e. The Hall–Kier alpha value is -1.83. The molecule has 8 heteroatoms. The third kappa shape index (κ3) is 4.21. The van der Waals surface area contributed by atoms with E-state index in [2.05, 4.69) is 4.98 Å². The molecule has 0 aliphatic carbocycles. The molecule has 0 saturated heterocycles. The standard InChI is InChI=1S/C10H12F3N3O2/c11-10(12,13)6-16(3-4-17)9(18)8-5-7(14)1-2-15-8/h1-2,5,17H,3-4,6H2,(H2,14,15). The molecule has 5 nitrogen and oxygen atoms in total. The zero-order chi connectivity index (χ0) is 13.8. The van der Waals surface area contributed by atoms with E-state index < -0.39 is 31.8 Å². The molecule has 0 atom stereocenters. The molecule has 0 unspecified atom stereocenters. The van der Waals surface area contributed by atoms with Crippen molar-refractivity contribution in [2.24, 2.45) is 0 Å². The maximum Gasteiger partial charge on any atom is 0.406 e. The number of carbonyl (C=O) groups is 1. The van der Waals surface area contributed by atoms with Gasteiger partial charge in [-0.25, -0.2) is 0 Å². The van der Waals surface area contributed by atoms with Gasteiger partial charge in [0.1, 0.15) is 12.2 Å². The van der Waals surface area contributed by atoms with Crippen LogP contribution in [0.5, 0.6) is 0 Å². The van der Waals surface area contributed by atoms with Gasteiger partial charge in [-0.2, -0.15) is 13.2 Å². The van der Waals surface area contributed by atoms with E-state index in [0.717, 1.165) is 0 Å². The van der Waals surface area contributed by atoms with Crippen molar-refractivity contribution in [2.75, 3.05) is 25.4 Å². The summed E-state index contributed by atoms with van der Waals surface area (Å²) in [5, 5.41) is 8.68. The lowest BCUT2D eigenvalue weighted by Crippen LogP contribution is -2.41. The highest BCUT2D eigenvalue weighted by Gasteiger charge is 2.33. The summed E-state index contributed by atoms with van der Waals surface area (Å²) in [6, 6.07) is 2.60. The van der Waals surface area contributed by atoms with Gasteiger partial charge in [0.2, 0.25) is 0 Å². The molecule has 3 N–H and O–H groups in total. The minimum Gasteiger partial charge on any atom is -0.399 e. The Morgan fingerprint density at radius 2 is 2.17 bits per heavy atom. The predicted molar refractivity (Wildman–Crippen MR) is 57.7 cm³/mol. The lowest BCUT2D eigenvalue weighted by molar-refractivity contribution is -0.141. The fourth-order valence-corrected chi connectivity index (χ4v) is 1.32. The Morgan fingerprint density at radius 3 is 2.67 bits per heavy atom. The molecule has 0 aromatic carbocycles. The van der Waals surface area contributed by atoms with Gasteiger partial charge in [0.05, 0.1) is 6.61 Å². The summed E-state index contributed by atoms with van der Waals surface area (Å²) in [6.45, 7) is -2.43. The largest absolute Gasteiger partial charge is 0.406 e. The number of nitrogen functional groups attached to an aromatic ring is 1. The Labute approximate surface area is 101 Å². The van der Waals surface area contributed by atoms with Gasteiger partial charge < -0.3 is 15.7 Å². The van der Waals surface area contributed by atoms with Crippen molar-refractivity contribution in [2.45, 2.75) is 6.18 Å². The molecular formula is C10H12F3N3O2. The number of aromatic nitrogens is 1. The van der Waals surface area contributed by atoms with Gasteiger partial charge in [-0.05, 0) is 12.1 Å². The lowest BCUT2D eigenvalue weighted by atomic mass is 10.3. The first kappa shape index (κ1) is 14.2. The number of amides is 1. The van der Waals surface area contributed by atoms with Gasteiger partial charge in [0.25, 0.3) is 5.91 Å². The van der Waals surface area contributed by atoms with Crippen molar-refractivity contribution in [1.29, 1.82) is 0 Å². The van der Waals surface area contributed by atoms with Crippen LogP contribution < -0.4 is 5.73 Å². The van der Waals surface area contributed by atoms with Crippen LogP contribution in [0.15, 0.2) is 18.3 Å². The van der Waals surface area contributed by atoms with Crippen LogP contribution in [0, 0.1) is 0 Å². The molecule has 0 aliphatic rings. The third-order valence-electron chi connectivity index (χ3n) is 2.03. The number of anilines is 1. The van der Waals surface area contributed by atoms with Crippen molar-refractivity contribution in [3.8, 4) is 0 Å². The van der Waals surface area contributed by atoms with Crippen LogP contribution >= 0.6 is 0 Å². The molecule has 100 valence electrons. The van der Waals surface area contributed by atoms with Crippen LogP contribution in [-0.2, 0) is 0 Å². The lowest BCUT2D eigenvalue weighted by Gasteiger charge is -2.22. The van der Waals surface area contributed by atoms with Crippen molar-refractivity contribution < 1.29 is 23.1 Å². The van der Waals surface area contributed by atoms with E-state index in [0.29, 0.717) is 4.90 Å². The molecule has 0 aliphatic heterocycles. The first-order chi connectivity index (χ1) is 8.33. The van der Waals surface area contributed by atoms with Crippen LogP contribution in [-0.4, -0.2) is 46.8 Å². The highest BCUT2D eigenvalue weighted by molar-refractivity contribution is 5.93. The molecule has 0 bridgehead atoms. The number of pyridine rings is 1. The number of hydrogen-bond acceptors (Lipinski definition) is 4. The number of nitrogens with two attached hydrogens (primary N) is 1. The van der Waals surface area contributed by atoms with Gasteiger partial charge in [-0.3, -0.25) is 9.78 Å². The molecule has 0 fully saturated rings. The Bertz CT molecular complexity index is 423. The number of aliphatic hydroxyl groups is 1. The number of hydrogen-bond donors (Lipinski definition) is 2. The number of rotatable bonds is 4. The van der Waals surface area contributed by atoms with Crippen molar-refractivity contribution >= 4 is 11.6 Å². The van der Waals surface area contributed by atoms with E-state index in [1.54, 1.807) is 0 Å². The summed E-state index contributed by atoms with van der Waals surface area (Å²) in [7, 11) is 0. The van der Waals surface area contributed by atoms with Gasteiger partial charge in [0, 0.05) is 18.4 Å². The highest BCUT2D eigenvalue weighted by Crippen LogP contribution is 2.18. The summed E-state index contributed by atoms with van der Waals surface area (Å²) in [4.78, 5) is 15.9. The van der Waals surface area contributed by atoms with Gasteiger partial charge in [0.15, 0.2) is 0 Å². The van der Waals surface area contributed by atoms with Crippen LogP contribution in [0.25, 0.3) is 0 Å². The van der Waals surface area contributed by atoms with Crippen molar-refractivity contribution in [1.82, 2.24) is 9.88 Å². The molecule has 1 aromatic heterocycles. The fraction of sp³-hybridized carbons (Fsp3) is 0.400. The molecule has 1 amide bonds. The van der Waals surface area contributed by atoms with E-state index in [-0.39, 0.29) is 11.4 Å². The van der Waals surface area contributed by atoms with Crippen molar-refractivity contribution in [3.63, 3.8) is 0 Å². The third-order valence-corrected chi connectivity index (χ3v) is 2.03. The second-order valence-corrected chi connectivity index (χ2v) is 3.54. The maximum atomic E-state index is 12.3. The van der Waals surface area contributed by atoms with Crippen molar-refractivity contribution in [3.05, 3.63) is 24.0 Å². The molecule has 18 heavy (non-hydrogen) atoms. The van der Waals surface area contributed by atoms with Crippen LogP contribution in [0.1, 0.15) is 10.5 Å². The molecule has 1 heterocycles. The zero-order valence-electron chi connectivity index (χ0n) is 9.31. The molecule has 1 aromatic rings. The number of carbonyl (C=O) groups excluding carboxylic acids is 1. The monoisotopic (exact) mass is 263 g/mol. The second-order valence-electron chi connectivity index (χ2n) is 3.54. The summed E-state index contributed by atoms with van der Waals surface area (Å²) >= 11 is 0. The normalized spacial score (nSPS) is 11.3. The SMILES string of the molecule is Nc1ccnc(C(=O)N(CCO)CC(F)(F)F)c1. The average molecular weight is 263 g/mol. The predicted octanol–water partition coefficient (Wildman–Crippen LogP) is 0.661. The zero-order valence-corrected chi connectivity index (χ0v) is 9.31. The Kier molecular flexibility index (Phi) is 4.49. The molecule has 0 radical (unpaired) electrons. The topological polar surface area (TPSA) is 79.5 Å². The van der Waals surface area contributed by atoms with E-state index in [1.165, 1.54) is 18.3 Å². The molecule has 0 spiro atoms. The number of aliphatic hydroxyl groups excluding tert-OH is 1. The van der Waals surface area contributed by atoms with Gasteiger partial charge in [-0.1, -0.05) is 0 Å². The van der Waals surface area contributed by atoms with Crippen LogP contribution in [0.4, 0.5) is 18.9 Å². The minimum atomic E-state index is -4.54. The maximum absolute atomic E-state index is 12.3. The minimum absolute atomic E-state index is 0.187. The highest BCUT2D eigenvalue weighted by atomic mass is 19.4. The van der Waals surface area contributed by atoms with Gasteiger partial charge in [-0.15, -0.1) is 0 Å². The summed E-state index contributed by atoms with van der Waals surface area (Å²) in [6.07, 6.45) is -3.31. The second kappa shape index (κ2) is 5.67. The van der Waals surface area contributed by atoms with Crippen LogP contribution in [0.3, 0.4) is 0 Å². The summed E-state index contributed by atoms with van der Waals surface area (Å²) in [5.41, 5.74) is 5.45. The fourth-order valence-electron chi connectivity index (χ4n) is 1.32. The first-order valence-corrected chi connectivity index (χ1v) is 5.02. The molecular weight excluding hydrogens is 251 g/mol. The van der Waals surface area contributed by atoms with Crippen LogP contribution in [0.2, 0.25) is 0 Å². The quantitative estimate of drug-likeness (QED) is 0.836. The average Bonchev–Trinajstić information content (AvgIpc) is 2.26. The molecule has 0 saturated carbocycles. The summed E-state index contributed by atoms with van der Waals surface area (Å²) < 4.78 is 36.8. The summed E-state index contributed by atoms with van der Waals surface area (Å²) in [5.74, 6) is -0.923.